The van der Waals surface area contributed by atoms with Crippen LogP contribution in [-0.2, 0) is 6.42 Å². The van der Waals surface area contributed by atoms with E-state index in [1.165, 1.54) is 5.56 Å². The summed E-state index contributed by atoms with van der Waals surface area (Å²) in [6, 6.07) is 7.87. The van der Waals surface area contributed by atoms with Crippen LogP contribution in [0, 0.1) is 0 Å². The third-order valence-corrected chi connectivity index (χ3v) is 3.40. The van der Waals surface area contributed by atoms with Gasteiger partial charge in [-0.25, -0.2) is 0 Å². The first-order chi connectivity index (χ1) is 9.03. The highest BCUT2D eigenvalue weighted by Gasteiger charge is 2.32. The van der Waals surface area contributed by atoms with E-state index in [9.17, 15) is 0 Å². The van der Waals surface area contributed by atoms with E-state index in [1.807, 2.05) is 18.2 Å². The topological polar surface area (TPSA) is 31.4 Å². The molecule has 2 aromatic rings. The normalized spacial score (nSPS) is 15.7. The first-order valence-electron chi connectivity index (χ1n) is 6.13. The van der Waals surface area contributed by atoms with Crippen molar-refractivity contribution in [1.82, 2.24) is 4.98 Å². The van der Waals surface area contributed by atoms with E-state index >= 15 is 0 Å². The second kappa shape index (κ2) is 4.53. The van der Waals surface area contributed by atoms with Gasteiger partial charge in [-0.2, -0.15) is 0 Å². The molecule has 2 heterocycles. The second-order valence-corrected chi connectivity index (χ2v) is 6.14. The van der Waals surface area contributed by atoms with E-state index in [-0.39, 0.29) is 5.60 Å². The Balaban J connectivity index is 1.94. The maximum atomic E-state index is 5.97. The SMILES string of the molecule is CC1(C)Cc2cccc(Oc3cncc(Br)c3)c2O1. The van der Waals surface area contributed by atoms with Crippen LogP contribution in [0.3, 0.4) is 0 Å². The van der Waals surface area contributed by atoms with Crippen LogP contribution in [-0.4, -0.2) is 10.6 Å². The molecule has 3 rings (SSSR count). The quantitative estimate of drug-likeness (QED) is 0.824. The largest absolute Gasteiger partial charge is 0.483 e. The molecule has 0 spiro atoms. The van der Waals surface area contributed by atoms with Gasteiger partial charge in [-0.1, -0.05) is 12.1 Å². The lowest BCUT2D eigenvalue weighted by atomic mass is 10.0. The van der Waals surface area contributed by atoms with Crippen molar-refractivity contribution in [1.29, 1.82) is 0 Å². The molecule has 4 heteroatoms. The second-order valence-electron chi connectivity index (χ2n) is 5.22. The summed E-state index contributed by atoms with van der Waals surface area (Å²) in [6.07, 6.45) is 4.31. The monoisotopic (exact) mass is 319 g/mol. The Morgan fingerprint density at radius 1 is 1.32 bits per heavy atom. The van der Waals surface area contributed by atoms with Crippen molar-refractivity contribution >= 4 is 15.9 Å². The van der Waals surface area contributed by atoms with Crippen LogP contribution in [0.5, 0.6) is 17.2 Å². The number of ether oxygens (including phenoxy) is 2. The summed E-state index contributed by atoms with van der Waals surface area (Å²) < 4.78 is 12.7. The molecular formula is C15H14BrNO2. The molecule has 0 unspecified atom stereocenters. The fraction of sp³-hybridized carbons (Fsp3) is 0.267. The maximum Gasteiger partial charge on any atom is 0.169 e. The first-order valence-corrected chi connectivity index (χ1v) is 6.92. The highest BCUT2D eigenvalue weighted by atomic mass is 79.9. The number of aromatic nitrogens is 1. The van der Waals surface area contributed by atoms with Crippen LogP contribution < -0.4 is 9.47 Å². The number of pyridine rings is 1. The molecule has 1 aliphatic rings. The highest BCUT2D eigenvalue weighted by Crippen LogP contribution is 2.43. The number of fused-ring (bicyclic) bond motifs is 1. The molecule has 0 amide bonds. The molecule has 1 aromatic carbocycles. The zero-order valence-corrected chi connectivity index (χ0v) is 12.4. The molecule has 0 bridgehead atoms. The van der Waals surface area contributed by atoms with E-state index in [4.69, 9.17) is 9.47 Å². The van der Waals surface area contributed by atoms with Crippen molar-refractivity contribution in [3.05, 3.63) is 46.7 Å². The van der Waals surface area contributed by atoms with E-state index < -0.39 is 0 Å². The van der Waals surface area contributed by atoms with E-state index in [0.29, 0.717) is 5.75 Å². The Bertz CT molecular complexity index is 625. The van der Waals surface area contributed by atoms with Gasteiger partial charge in [-0.05, 0) is 41.9 Å². The predicted molar refractivity (Wildman–Crippen MR) is 76.9 cm³/mol. The minimum Gasteiger partial charge on any atom is -0.483 e. The number of benzene rings is 1. The molecule has 19 heavy (non-hydrogen) atoms. The average molecular weight is 320 g/mol. The van der Waals surface area contributed by atoms with E-state index in [0.717, 1.165) is 22.4 Å². The van der Waals surface area contributed by atoms with Crippen molar-refractivity contribution in [3.63, 3.8) is 0 Å². The standard InChI is InChI=1S/C15H14BrNO2/c1-15(2)7-10-4-3-5-13(14(10)19-15)18-12-6-11(16)8-17-9-12/h3-6,8-9H,7H2,1-2H3. The van der Waals surface area contributed by atoms with Gasteiger partial charge < -0.3 is 9.47 Å². The molecule has 1 aromatic heterocycles. The summed E-state index contributed by atoms with van der Waals surface area (Å²) in [6.45, 7) is 4.16. The summed E-state index contributed by atoms with van der Waals surface area (Å²) in [7, 11) is 0. The third-order valence-electron chi connectivity index (χ3n) is 2.96. The van der Waals surface area contributed by atoms with Crippen molar-refractivity contribution in [2.75, 3.05) is 0 Å². The molecule has 1 aliphatic heterocycles. The van der Waals surface area contributed by atoms with Gasteiger partial charge in [0, 0.05) is 22.7 Å². The smallest absolute Gasteiger partial charge is 0.169 e. The van der Waals surface area contributed by atoms with Gasteiger partial charge in [0.15, 0.2) is 11.5 Å². The van der Waals surface area contributed by atoms with Crippen LogP contribution in [0.1, 0.15) is 19.4 Å². The van der Waals surface area contributed by atoms with Crippen LogP contribution in [0.25, 0.3) is 0 Å². The Labute approximate surface area is 120 Å². The molecule has 0 radical (unpaired) electrons. The van der Waals surface area contributed by atoms with Crippen molar-refractivity contribution < 1.29 is 9.47 Å². The first kappa shape index (κ1) is 12.5. The maximum absolute atomic E-state index is 5.97. The lowest BCUT2D eigenvalue weighted by molar-refractivity contribution is 0.135. The van der Waals surface area contributed by atoms with Crippen molar-refractivity contribution in [2.45, 2.75) is 25.9 Å². The van der Waals surface area contributed by atoms with Crippen LogP contribution in [0.15, 0.2) is 41.1 Å². The molecule has 3 nitrogen and oxygen atoms in total. The van der Waals surface area contributed by atoms with Gasteiger partial charge in [0.05, 0.1) is 6.20 Å². The zero-order chi connectivity index (χ0) is 13.5. The number of para-hydroxylation sites is 1. The molecule has 0 saturated carbocycles. The number of hydrogen-bond acceptors (Lipinski definition) is 3. The number of rotatable bonds is 2. The van der Waals surface area contributed by atoms with E-state index in [1.54, 1.807) is 12.4 Å². The lowest BCUT2D eigenvalue weighted by Crippen LogP contribution is -2.24. The Morgan fingerprint density at radius 2 is 2.16 bits per heavy atom. The molecule has 0 aliphatic carbocycles. The van der Waals surface area contributed by atoms with Crippen molar-refractivity contribution in [3.8, 4) is 17.2 Å². The molecule has 0 atom stereocenters. The Hall–Kier alpha value is -1.55. The van der Waals surface area contributed by atoms with Crippen LogP contribution in [0.2, 0.25) is 0 Å². The van der Waals surface area contributed by atoms with Gasteiger partial charge in [-0.15, -0.1) is 0 Å². The number of halogens is 1. The third kappa shape index (κ3) is 2.59. The molecule has 0 saturated heterocycles. The van der Waals surface area contributed by atoms with Crippen LogP contribution in [0.4, 0.5) is 0 Å². The predicted octanol–water partition coefficient (Wildman–Crippen LogP) is 4.35. The van der Waals surface area contributed by atoms with Crippen molar-refractivity contribution in [2.24, 2.45) is 0 Å². The molecular weight excluding hydrogens is 306 g/mol. The van der Waals surface area contributed by atoms with Gasteiger partial charge >= 0.3 is 0 Å². The molecule has 98 valence electrons. The fourth-order valence-corrected chi connectivity index (χ4v) is 2.59. The summed E-state index contributed by atoms with van der Waals surface area (Å²) >= 11 is 3.38. The summed E-state index contributed by atoms with van der Waals surface area (Å²) in [4.78, 5) is 4.09. The van der Waals surface area contributed by atoms with E-state index in [2.05, 4.69) is 40.8 Å². The Kier molecular flexibility index (Phi) is 2.97. The summed E-state index contributed by atoms with van der Waals surface area (Å²) in [5, 5.41) is 0. The molecule has 0 fully saturated rings. The lowest BCUT2D eigenvalue weighted by Gasteiger charge is -2.18. The number of nitrogens with zero attached hydrogens (tertiary/aromatic N) is 1. The fourth-order valence-electron chi connectivity index (χ4n) is 2.24. The Morgan fingerprint density at radius 3 is 2.95 bits per heavy atom. The van der Waals surface area contributed by atoms with Gasteiger partial charge in [0.2, 0.25) is 0 Å². The minimum atomic E-state index is -0.169. The highest BCUT2D eigenvalue weighted by molar-refractivity contribution is 9.10. The molecule has 0 N–H and O–H groups in total. The van der Waals surface area contributed by atoms with Crippen LogP contribution >= 0.6 is 15.9 Å². The van der Waals surface area contributed by atoms with Gasteiger partial charge in [0.1, 0.15) is 11.4 Å². The van der Waals surface area contributed by atoms with Gasteiger partial charge in [0.25, 0.3) is 0 Å². The number of hydrogen-bond donors (Lipinski definition) is 0. The zero-order valence-electron chi connectivity index (χ0n) is 10.8. The minimum absolute atomic E-state index is 0.169. The average Bonchev–Trinajstić information content (AvgIpc) is 2.64. The van der Waals surface area contributed by atoms with Gasteiger partial charge in [-0.3, -0.25) is 4.98 Å². The summed E-state index contributed by atoms with van der Waals surface area (Å²) in [5.41, 5.74) is 1.02. The summed E-state index contributed by atoms with van der Waals surface area (Å²) in [5.74, 6) is 2.27.